The Bertz CT molecular complexity index is 2320. The second-order valence-corrected chi connectivity index (χ2v) is 20.8. The van der Waals surface area contributed by atoms with Crippen LogP contribution in [0.3, 0.4) is 0 Å². The Kier molecular flexibility index (Phi) is 16.7. The van der Waals surface area contributed by atoms with Crippen LogP contribution in [0.25, 0.3) is 23.8 Å². The Labute approximate surface area is 389 Å². The minimum absolute atomic E-state index is 0.0266. The van der Waals surface area contributed by atoms with E-state index in [1.807, 2.05) is 13.8 Å². The van der Waals surface area contributed by atoms with Gasteiger partial charge in [-0.2, -0.15) is 0 Å². The fourth-order valence-corrected chi connectivity index (χ4v) is 11.3. The molecule has 0 saturated carbocycles. The predicted octanol–water partition coefficient (Wildman–Crippen LogP) is 10.4. The maximum atomic E-state index is 14.4. The van der Waals surface area contributed by atoms with Gasteiger partial charge >= 0.3 is 11.9 Å². The molecule has 4 aliphatic rings. The lowest BCUT2D eigenvalue weighted by atomic mass is 9.80. The zero-order valence-corrected chi connectivity index (χ0v) is 41.8. The summed E-state index contributed by atoms with van der Waals surface area (Å²) in [5, 5.41) is 8.84. The van der Waals surface area contributed by atoms with Crippen LogP contribution in [0.2, 0.25) is 0 Å². The molecule has 5 heterocycles. The van der Waals surface area contributed by atoms with Gasteiger partial charge in [0.05, 0.1) is 30.8 Å². The highest BCUT2D eigenvalue weighted by Gasteiger charge is 2.49. The van der Waals surface area contributed by atoms with Crippen molar-refractivity contribution in [1.29, 1.82) is 0 Å². The van der Waals surface area contributed by atoms with E-state index in [-0.39, 0.29) is 41.7 Å². The van der Waals surface area contributed by atoms with Crippen LogP contribution in [0.1, 0.15) is 189 Å². The summed E-state index contributed by atoms with van der Waals surface area (Å²) in [7, 11) is 1.32. The largest absolute Gasteiger partial charge is 0.468 e. The number of allylic oxidation sites excluding steroid dienone is 3. The number of carbonyl (C=O) groups excluding carboxylic acids is 4. The van der Waals surface area contributed by atoms with E-state index in [1.54, 1.807) is 6.92 Å². The smallest absolute Gasteiger partial charge is 0.320 e. The van der Waals surface area contributed by atoms with Gasteiger partial charge in [0.2, 0.25) is 0 Å². The third kappa shape index (κ3) is 11.2. The highest BCUT2D eigenvalue weighted by Crippen LogP contribution is 2.43. The zero-order chi connectivity index (χ0) is 47.3. The molecule has 1 saturated heterocycles. The average Bonchev–Trinajstić information content (AvgIpc) is 4.00. The number of hydrogen-bond acceptors (Lipinski definition) is 8. The van der Waals surface area contributed by atoms with E-state index in [4.69, 9.17) is 9.47 Å². The summed E-state index contributed by atoms with van der Waals surface area (Å²) in [5.74, 6) is 0.361. The standard InChI is InChI=1S/C55H80N4O6/c1-13-39-34(7)41-29-46-48(38(11)60)36(9)43(57-46)27-42-35(8)40(52(58-42)50-51(55(63)64-12)54(62)49-37(10)44(59-53(49)50)28-45(39)56-41)23-24-47(61)65-26-25-33(6)22-16-21-32(5)20-15-19-31(4)18-14-17-30(2)3/h27-35,40,51-52,56-59H,13-26H2,1-12H3/b41-29-,42-27-,44-28-/t31-,32+,33?,34+,35-,40-,51+,52?/m0/s1. The van der Waals surface area contributed by atoms with Gasteiger partial charge in [0.25, 0.3) is 0 Å². The number of aromatic nitrogens is 2. The van der Waals surface area contributed by atoms with Gasteiger partial charge in [0, 0.05) is 57.5 Å². The van der Waals surface area contributed by atoms with E-state index in [1.165, 1.54) is 64.0 Å². The van der Waals surface area contributed by atoms with Crippen molar-refractivity contribution in [3.8, 4) is 0 Å². The number of H-pyrrole nitrogens is 2. The normalized spacial score (nSPS) is 24.7. The van der Waals surface area contributed by atoms with Crippen molar-refractivity contribution in [2.24, 2.45) is 47.3 Å². The first-order valence-electron chi connectivity index (χ1n) is 25.1. The van der Waals surface area contributed by atoms with Crippen LogP contribution < -0.4 is 21.3 Å². The molecule has 356 valence electrons. The molecule has 8 bridgehead atoms. The van der Waals surface area contributed by atoms with Crippen LogP contribution in [-0.4, -0.2) is 53.2 Å². The van der Waals surface area contributed by atoms with Crippen LogP contribution in [0.5, 0.6) is 0 Å². The maximum absolute atomic E-state index is 14.4. The second-order valence-electron chi connectivity index (χ2n) is 20.8. The number of Topliss-reactive ketones (excluding diaryl/α,β-unsaturated/α-hetero) is 2. The topological polar surface area (TPSA) is 142 Å². The maximum Gasteiger partial charge on any atom is 0.320 e. The summed E-state index contributed by atoms with van der Waals surface area (Å²) in [6.45, 7) is 24.0. The Balaban J connectivity index is 1.19. The zero-order valence-electron chi connectivity index (χ0n) is 41.8. The monoisotopic (exact) mass is 893 g/mol. The van der Waals surface area contributed by atoms with Gasteiger partial charge in [-0.05, 0) is 110 Å². The minimum atomic E-state index is -1.13. The number of hydrogen-bond donors (Lipinski definition) is 4. The Morgan fingerprint density at radius 3 is 2.00 bits per heavy atom. The summed E-state index contributed by atoms with van der Waals surface area (Å²) >= 11 is 0. The van der Waals surface area contributed by atoms with Gasteiger partial charge in [-0.15, -0.1) is 0 Å². The molecule has 0 spiro atoms. The van der Waals surface area contributed by atoms with E-state index < -0.39 is 17.9 Å². The molecule has 2 unspecified atom stereocenters. The number of esters is 2. The number of rotatable bonds is 21. The van der Waals surface area contributed by atoms with Crippen molar-refractivity contribution < 1.29 is 28.7 Å². The van der Waals surface area contributed by atoms with E-state index in [0.717, 1.165) is 82.0 Å². The van der Waals surface area contributed by atoms with Gasteiger partial charge in [0.15, 0.2) is 11.6 Å². The summed E-state index contributed by atoms with van der Waals surface area (Å²) in [6.07, 6.45) is 20.1. The molecule has 65 heavy (non-hydrogen) atoms. The lowest BCUT2D eigenvalue weighted by Gasteiger charge is -2.25. The van der Waals surface area contributed by atoms with Gasteiger partial charge < -0.3 is 30.1 Å². The van der Waals surface area contributed by atoms with Crippen molar-refractivity contribution in [2.45, 2.75) is 166 Å². The van der Waals surface area contributed by atoms with Crippen molar-refractivity contribution in [3.05, 3.63) is 67.0 Å². The van der Waals surface area contributed by atoms with Crippen LogP contribution >= 0.6 is 0 Å². The van der Waals surface area contributed by atoms with Crippen molar-refractivity contribution in [3.63, 3.8) is 0 Å². The molecule has 2 aromatic rings. The van der Waals surface area contributed by atoms with Crippen LogP contribution in [0.4, 0.5) is 0 Å². The van der Waals surface area contributed by atoms with Gasteiger partial charge in [-0.25, -0.2) is 0 Å². The van der Waals surface area contributed by atoms with Crippen molar-refractivity contribution in [1.82, 2.24) is 20.6 Å². The molecule has 0 amide bonds. The molecule has 10 heteroatoms. The van der Waals surface area contributed by atoms with Crippen molar-refractivity contribution in [2.75, 3.05) is 13.7 Å². The number of nitrogens with one attached hydrogen (secondary N) is 4. The lowest BCUT2D eigenvalue weighted by molar-refractivity contribution is -0.144. The summed E-state index contributed by atoms with van der Waals surface area (Å²) < 4.78 is 11.2. The van der Waals surface area contributed by atoms with Crippen LogP contribution in [0, 0.1) is 61.2 Å². The first-order valence-corrected chi connectivity index (χ1v) is 25.1. The molecule has 1 aliphatic carbocycles. The molecule has 1 fully saturated rings. The van der Waals surface area contributed by atoms with Gasteiger partial charge in [-0.1, -0.05) is 113 Å². The molecule has 8 atom stereocenters. The van der Waals surface area contributed by atoms with Crippen LogP contribution in [0.15, 0.2) is 22.7 Å². The Morgan fingerprint density at radius 1 is 0.785 bits per heavy atom. The number of aromatic amines is 2. The fourth-order valence-electron chi connectivity index (χ4n) is 11.3. The summed E-state index contributed by atoms with van der Waals surface area (Å²) in [4.78, 5) is 62.0. The Hall–Kier alpha value is -4.60. The highest BCUT2D eigenvalue weighted by atomic mass is 16.5. The van der Waals surface area contributed by atoms with Gasteiger partial charge in [0.1, 0.15) is 5.92 Å². The molecule has 4 N–H and O–H groups in total. The fraction of sp³-hybridized carbons (Fsp3) is 0.636. The second kappa shape index (κ2) is 21.8. The first-order chi connectivity index (χ1) is 30.9. The summed E-state index contributed by atoms with van der Waals surface area (Å²) in [5.41, 5.74) is 9.00. The molecular weight excluding hydrogens is 813 g/mol. The van der Waals surface area contributed by atoms with E-state index in [0.29, 0.717) is 41.0 Å². The van der Waals surface area contributed by atoms with E-state index >= 15 is 0 Å². The quantitative estimate of drug-likeness (QED) is 0.0551. The average molecular weight is 893 g/mol. The third-order valence-electron chi connectivity index (χ3n) is 15.4. The number of fused-ring (bicyclic) bond motifs is 8. The summed E-state index contributed by atoms with van der Waals surface area (Å²) in [6, 6.07) is -0.471. The molecule has 3 aliphatic heterocycles. The highest BCUT2D eigenvalue weighted by molar-refractivity contribution is 6.19. The SMILES string of the molecule is CCC1=C2/C=c3\[nH]c4c(c3C)C(=O)[C@H](C(=O)OC)C=4C3N/C(=C\c4[nH]c(c(C(C)=O)c4C)/C=C(\N2)[C@@H]1C)[C@@H](C)[C@@H]3CCC(=O)OCCC(C)CCC[C@H](C)CCC[C@@H](C)CCCC(C)C. The number of methoxy groups -OCH3 is 1. The minimum Gasteiger partial charge on any atom is -0.468 e. The lowest BCUT2D eigenvalue weighted by Crippen LogP contribution is -2.38. The molecule has 10 nitrogen and oxygen atoms in total. The predicted molar refractivity (Wildman–Crippen MR) is 262 cm³/mol. The molecular formula is C55H80N4O6. The number of ketones is 2. The molecule has 6 rings (SSSR count). The molecule has 0 aromatic carbocycles. The van der Waals surface area contributed by atoms with Crippen LogP contribution in [-0.2, 0) is 19.1 Å². The number of carbonyl (C=O) groups is 4. The first kappa shape index (κ1) is 49.8. The molecule has 0 radical (unpaired) electrons. The number of ether oxygens (including phenoxy) is 2. The van der Waals surface area contributed by atoms with E-state index in [2.05, 4.69) is 94.2 Å². The Morgan fingerprint density at radius 2 is 1.40 bits per heavy atom. The third-order valence-corrected chi connectivity index (χ3v) is 15.4. The van der Waals surface area contributed by atoms with Crippen molar-refractivity contribution >= 4 is 47.3 Å². The van der Waals surface area contributed by atoms with Gasteiger partial charge in [-0.3, -0.25) is 19.2 Å². The van der Waals surface area contributed by atoms with E-state index in [9.17, 15) is 19.2 Å². The molecule has 2 aromatic heterocycles.